The lowest BCUT2D eigenvalue weighted by Gasteiger charge is -2.32. The number of aryl methyl sites for hydroxylation is 2. The Kier molecular flexibility index (Phi) is 6.65. The lowest BCUT2D eigenvalue weighted by molar-refractivity contribution is -0.134. The van der Waals surface area contributed by atoms with Gasteiger partial charge in [-0.2, -0.15) is 0 Å². The number of thiophene rings is 1. The van der Waals surface area contributed by atoms with Gasteiger partial charge in [0.1, 0.15) is 5.75 Å². The Labute approximate surface area is 160 Å². The van der Waals surface area contributed by atoms with Gasteiger partial charge in [0.05, 0.1) is 14.2 Å². The first-order chi connectivity index (χ1) is 12.4. The van der Waals surface area contributed by atoms with E-state index in [0.717, 1.165) is 29.0 Å². The lowest BCUT2D eigenvalue weighted by Crippen LogP contribution is -2.25. The second kappa shape index (κ2) is 8.54. The summed E-state index contributed by atoms with van der Waals surface area (Å²) in [4.78, 5) is 13.8. The Bertz CT molecular complexity index is 798. The Morgan fingerprint density at radius 3 is 2.35 bits per heavy atom. The second-order valence-electron chi connectivity index (χ2n) is 6.49. The van der Waals surface area contributed by atoms with Crippen molar-refractivity contribution in [2.24, 2.45) is 0 Å². The summed E-state index contributed by atoms with van der Waals surface area (Å²) in [5, 5.41) is 0. The molecule has 0 N–H and O–H groups in total. The van der Waals surface area contributed by atoms with Gasteiger partial charge in [0.15, 0.2) is 0 Å². The maximum Gasteiger partial charge on any atom is 0.330 e. The smallest absolute Gasteiger partial charge is 0.330 e. The Morgan fingerprint density at radius 1 is 1.12 bits per heavy atom. The third-order valence-electron chi connectivity index (χ3n) is 5.15. The van der Waals surface area contributed by atoms with Crippen LogP contribution in [0.4, 0.5) is 0 Å². The van der Waals surface area contributed by atoms with Crippen molar-refractivity contribution >= 4 is 23.4 Å². The topological polar surface area (TPSA) is 35.5 Å². The van der Waals surface area contributed by atoms with E-state index in [1.165, 1.54) is 29.2 Å². The summed E-state index contributed by atoms with van der Waals surface area (Å²) < 4.78 is 10.1. The number of rotatable bonds is 7. The highest BCUT2D eigenvalue weighted by atomic mass is 32.1. The van der Waals surface area contributed by atoms with Crippen LogP contribution in [0.1, 0.15) is 53.1 Å². The van der Waals surface area contributed by atoms with Gasteiger partial charge < -0.3 is 9.47 Å². The summed E-state index contributed by atoms with van der Waals surface area (Å²) in [6, 6.07) is 8.74. The van der Waals surface area contributed by atoms with Crippen molar-refractivity contribution in [2.75, 3.05) is 14.2 Å². The second-order valence-corrected chi connectivity index (χ2v) is 7.57. The van der Waals surface area contributed by atoms with Gasteiger partial charge in [-0.05, 0) is 61.6 Å². The lowest BCUT2D eigenvalue weighted by atomic mass is 9.74. The first-order valence-electron chi connectivity index (χ1n) is 8.93. The van der Waals surface area contributed by atoms with Crippen molar-refractivity contribution in [3.8, 4) is 5.75 Å². The summed E-state index contributed by atoms with van der Waals surface area (Å²) in [5.74, 6) is 0.585. The molecule has 26 heavy (non-hydrogen) atoms. The van der Waals surface area contributed by atoms with E-state index in [0.29, 0.717) is 0 Å². The predicted molar refractivity (Wildman–Crippen MR) is 109 cm³/mol. The average molecular weight is 373 g/mol. The molecule has 0 amide bonds. The number of benzene rings is 1. The molecule has 0 fully saturated rings. The molecule has 0 unspecified atom stereocenters. The van der Waals surface area contributed by atoms with Gasteiger partial charge in [-0.1, -0.05) is 26.0 Å². The highest BCUT2D eigenvalue weighted by Crippen LogP contribution is 2.44. The molecule has 0 saturated heterocycles. The molecule has 0 spiro atoms. The van der Waals surface area contributed by atoms with E-state index >= 15 is 0 Å². The number of esters is 1. The molecule has 1 aromatic carbocycles. The van der Waals surface area contributed by atoms with E-state index in [-0.39, 0.29) is 11.4 Å². The van der Waals surface area contributed by atoms with Crippen molar-refractivity contribution in [3.05, 3.63) is 56.8 Å². The van der Waals surface area contributed by atoms with Gasteiger partial charge in [-0.3, -0.25) is 0 Å². The molecule has 0 atom stereocenters. The number of hydrogen-bond acceptors (Lipinski definition) is 4. The van der Waals surface area contributed by atoms with E-state index in [4.69, 9.17) is 9.47 Å². The number of methoxy groups -OCH3 is 2. The predicted octanol–water partition coefficient (Wildman–Crippen LogP) is 5.67. The Hall–Kier alpha value is -2.07. The van der Waals surface area contributed by atoms with Crippen LogP contribution in [0, 0.1) is 13.8 Å². The third-order valence-corrected chi connectivity index (χ3v) is 6.56. The minimum Gasteiger partial charge on any atom is -0.496 e. The van der Waals surface area contributed by atoms with Crippen LogP contribution in [0.3, 0.4) is 0 Å². The van der Waals surface area contributed by atoms with Gasteiger partial charge in [0.2, 0.25) is 0 Å². The molecule has 3 nitrogen and oxygen atoms in total. The fourth-order valence-electron chi connectivity index (χ4n) is 3.43. The van der Waals surface area contributed by atoms with Crippen molar-refractivity contribution in [3.63, 3.8) is 0 Å². The van der Waals surface area contributed by atoms with E-state index < -0.39 is 0 Å². The van der Waals surface area contributed by atoms with Crippen LogP contribution >= 0.6 is 11.3 Å². The van der Waals surface area contributed by atoms with Gasteiger partial charge in [0, 0.05) is 21.2 Å². The first-order valence-corrected chi connectivity index (χ1v) is 9.75. The number of hydrogen-bond donors (Lipinski definition) is 0. The van der Waals surface area contributed by atoms with E-state index in [2.05, 4.69) is 52.0 Å². The zero-order valence-corrected chi connectivity index (χ0v) is 17.3. The van der Waals surface area contributed by atoms with E-state index in [1.807, 2.05) is 6.08 Å². The van der Waals surface area contributed by atoms with Crippen molar-refractivity contribution in [1.82, 2.24) is 0 Å². The zero-order valence-electron chi connectivity index (χ0n) is 16.5. The number of carbonyl (C=O) groups is 1. The van der Waals surface area contributed by atoms with E-state index in [1.54, 1.807) is 18.4 Å². The minimum absolute atomic E-state index is 0.0379. The molecule has 0 radical (unpaired) electrons. The molecular formula is C22H28O3S. The normalized spacial score (nSPS) is 11.8. The van der Waals surface area contributed by atoms with Gasteiger partial charge in [0.25, 0.3) is 0 Å². The third kappa shape index (κ3) is 3.85. The Morgan fingerprint density at radius 2 is 1.81 bits per heavy atom. The van der Waals surface area contributed by atoms with E-state index in [9.17, 15) is 4.79 Å². The summed E-state index contributed by atoms with van der Waals surface area (Å²) in [6.07, 6.45) is 5.36. The van der Waals surface area contributed by atoms with Gasteiger partial charge in [-0.15, -0.1) is 11.3 Å². The SMILES string of the molecule is CCC(CC)(c1ccc(OC)c(C)c1)c1cc(C)c(C=CC(=O)OC)s1. The summed E-state index contributed by atoms with van der Waals surface area (Å²) >= 11 is 1.75. The van der Waals surface area contributed by atoms with Crippen LogP contribution in [0.5, 0.6) is 5.75 Å². The number of carbonyl (C=O) groups excluding carboxylic acids is 1. The minimum atomic E-state index is -0.331. The molecule has 1 heterocycles. The fourth-order valence-corrected chi connectivity index (χ4v) is 4.86. The molecule has 2 aromatic rings. The van der Waals surface area contributed by atoms with Crippen molar-refractivity contribution < 1.29 is 14.3 Å². The molecule has 1 aromatic heterocycles. The molecule has 0 aliphatic rings. The molecule has 0 bridgehead atoms. The van der Waals surface area contributed by atoms with Crippen LogP contribution in [-0.2, 0) is 14.9 Å². The largest absolute Gasteiger partial charge is 0.496 e. The number of ether oxygens (including phenoxy) is 2. The summed E-state index contributed by atoms with van der Waals surface area (Å²) in [7, 11) is 3.10. The van der Waals surface area contributed by atoms with Gasteiger partial charge >= 0.3 is 5.97 Å². The van der Waals surface area contributed by atoms with Crippen molar-refractivity contribution in [2.45, 2.75) is 46.0 Å². The molecule has 2 rings (SSSR count). The summed E-state index contributed by atoms with van der Waals surface area (Å²) in [5.41, 5.74) is 3.60. The molecule has 140 valence electrons. The Balaban J connectivity index is 2.51. The monoisotopic (exact) mass is 372 g/mol. The summed E-state index contributed by atoms with van der Waals surface area (Å²) in [6.45, 7) is 8.65. The highest BCUT2D eigenvalue weighted by Gasteiger charge is 2.33. The quantitative estimate of drug-likeness (QED) is 0.464. The zero-order chi connectivity index (χ0) is 19.3. The first kappa shape index (κ1) is 20.2. The molecule has 0 saturated carbocycles. The maximum absolute atomic E-state index is 11.4. The van der Waals surface area contributed by atoms with Crippen LogP contribution < -0.4 is 4.74 Å². The average Bonchev–Trinajstić information content (AvgIpc) is 3.02. The molecule has 0 aliphatic heterocycles. The van der Waals surface area contributed by atoms with Gasteiger partial charge in [-0.25, -0.2) is 4.79 Å². The van der Waals surface area contributed by atoms with Crippen LogP contribution in [0.15, 0.2) is 30.3 Å². The molecular weight excluding hydrogens is 344 g/mol. The maximum atomic E-state index is 11.4. The van der Waals surface area contributed by atoms with Crippen LogP contribution in [0.2, 0.25) is 0 Å². The molecule has 4 heteroatoms. The highest BCUT2D eigenvalue weighted by molar-refractivity contribution is 7.13. The molecule has 0 aliphatic carbocycles. The van der Waals surface area contributed by atoms with Crippen molar-refractivity contribution in [1.29, 1.82) is 0 Å². The fraction of sp³-hybridized carbons (Fsp3) is 0.409. The van der Waals surface area contributed by atoms with Crippen LogP contribution in [0.25, 0.3) is 6.08 Å². The standard InChI is InChI=1S/C22H28O3S/c1-7-22(8-2,17-9-10-18(24-5)15(3)13-17)20-14-16(4)19(26-20)11-12-21(23)25-6/h9-14H,7-8H2,1-6H3. The van der Waals surface area contributed by atoms with Crippen LogP contribution in [-0.4, -0.2) is 20.2 Å².